The number of hydrogen-bond donors (Lipinski definition) is 1. The number of amides is 3. The fraction of sp³-hybridized carbons (Fsp3) is 0.0476. The van der Waals surface area contributed by atoms with E-state index in [4.69, 9.17) is 16.3 Å². The molecule has 0 bridgehead atoms. The van der Waals surface area contributed by atoms with E-state index in [-0.39, 0.29) is 16.7 Å². The summed E-state index contributed by atoms with van der Waals surface area (Å²) < 4.78 is 4.98. The van der Waals surface area contributed by atoms with Crippen molar-refractivity contribution in [2.45, 2.75) is 0 Å². The van der Waals surface area contributed by atoms with Gasteiger partial charge >= 0.3 is 0 Å². The number of rotatable bonds is 4. The van der Waals surface area contributed by atoms with E-state index in [1.807, 2.05) is 0 Å². The molecule has 3 aromatic rings. The predicted molar refractivity (Wildman–Crippen MR) is 108 cm³/mol. The molecule has 0 spiro atoms. The zero-order valence-electron chi connectivity index (χ0n) is 15.2. The number of ether oxygens (including phenoxy) is 1. The van der Waals surface area contributed by atoms with E-state index < -0.39 is 17.7 Å². The first-order chi connectivity index (χ1) is 14.0. The first-order valence-electron chi connectivity index (χ1n) is 8.58. The Balaban J connectivity index is 1.59. The summed E-state index contributed by atoms with van der Waals surface area (Å²) in [6.07, 6.45) is 1.46. The van der Waals surface area contributed by atoms with Crippen LogP contribution in [0.15, 0.2) is 60.8 Å². The number of halogens is 1. The zero-order valence-corrected chi connectivity index (χ0v) is 15.9. The lowest BCUT2D eigenvalue weighted by molar-refractivity contribution is 0.0925. The Morgan fingerprint density at radius 2 is 1.72 bits per heavy atom. The Kier molecular flexibility index (Phi) is 4.74. The maximum absolute atomic E-state index is 12.8. The number of nitrogens with zero attached hydrogens (tertiary/aromatic N) is 2. The van der Waals surface area contributed by atoms with Crippen LogP contribution in [0.5, 0.6) is 5.88 Å². The summed E-state index contributed by atoms with van der Waals surface area (Å²) in [7, 11) is 1.50. The third kappa shape index (κ3) is 3.43. The van der Waals surface area contributed by atoms with Gasteiger partial charge in [0.2, 0.25) is 5.88 Å². The molecule has 0 fully saturated rings. The first kappa shape index (κ1) is 18.6. The Morgan fingerprint density at radius 3 is 2.38 bits per heavy atom. The lowest BCUT2D eigenvalue weighted by Gasteiger charge is -2.13. The lowest BCUT2D eigenvalue weighted by Crippen LogP contribution is -2.29. The predicted octanol–water partition coefficient (Wildman–Crippen LogP) is 3.80. The van der Waals surface area contributed by atoms with E-state index >= 15 is 0 Å². The monoisotopic (exact) mass is 407 g/mol. The third-order valence-corrected chi connectivity index (χ3v) is 4.69. The molecule has 3 amide bonds. The van der Waals surface area contributed by atoms with E-state index in [1.54, 1.807) is 36.4 Å². The molecule has 0 atom stereocenters. The summed E-state index contributed by atoms with van der Waals surface area (Å²) in [5.41, 5.74) is 1.55. The molecule has 2 aromatic carbocycles. The Hall–Kier alpha value is -3.71. The molecule has 0 saturated heterocycles. The van der Waals surface area contributed by atoms with Crippen molar-refractivity contribution in [3.63, 3.8) is 0 Å². The van der Waals surface area contributed by atoms with Crippen LogP contribution in [-0.4, -0.2) is 29.8 Å². The Bertz CT molecular complexity index is 1130. The van der Waals surface area contributed by atoms with Crippen molar-refractivity contribution in [1.29, 1.82) is 0 Å². The Morgan fingerprint density at radius 1 is 1.00 bits per heavy atom. The van der Waals surface area contributed by atoms with E-state index in [2.05, 4.69) is 10.3 Å². The van der Waals surface area contributed by atoms with Crippen LogP contribution in [0.1, 0.15) is 31.1 Å². The van der Waals surface area contributed by atoms with Gasteiger partial charge in [-0.25, -0.2) is 9.88 Å². The van der Waals surface area contributed by atoms with Gasteiger partial charge in [0.1, 0.15) is 0 Å². The first-order valence-corrected chi connectivity index (χ1v) is 8.95. The zero-order chi connectivity index (χ0) is 20.5. The van der Waals surface area contributed by atoms with E-state index in [9.17, 15) is 14.4 Å². The highest BCUT2D eigenvalue weighted by Crippen LogP contribution is 2.30. The number of carbonyl (C=O) groups excluding carboxylic acids is 3. The van der Waals surface area contributed by atoms with E-state index in [0.29, 0.717) is 22.3 Å². The van der Waals surface area contributed by atoms with Gasteiger partial charge in [0.15, 0.2) is 0 Å². The van der Waals surface area contributed by atoms with E-state index in [1.165, 1.54) is 31.5 Å². The van der Waals surface area contributed by atoms with Crippen molar-refractivity contribution in [2.75, 3.05) is 17.3 Å². The Labute approximate surface area is 170 Å². The van der Waals surface area contributed by atoms with Crippen molar-refractivity contribution < 1.29 is 19.1 Å². The van der Waals surface area contributed by atoms with Crippen LogP contribution >= 0.6 is 11.6 Å². The average molecular weight is 408 g/mol. The molecule has 29 heavy (non-hydrogen) atoms. The molecule has 7 nitrogen and oxygen atoms in total. The summed E-state index contributed by atoms with van der Waals surface area (Å²) in [4.78, 5) is 43.1. The second kappa shape index (κ2) is 7.37. The summed E-state index contributed by atoms with van der Waals surface area (Å²) in [6, 6.07) is 14.0. The van der Waals surface area contributed by atoms with Gasteiger partial charge in [0.25, 0.3) is 17.7 Å². The van der Waals surface area contributed by atoms with Crippen LogP contribution in [0, 0.1) is 0 Å². The highest BCUT2D eigenvalue weighted by Gasteiger charge is 2.37. The van der Waals surface area contributed by atoms with Gasteiger partial charge in [-0.2, -0.15) is 0 Å². The maximum Gasteiger partial charge on any atom is 0.266 e. The number of carbonyl (C=O) groups is 3. The van der Waals surface area contributed by atoms with Crippen LogP contribution in [0.4, 0.5) is 11.4 Å². The van der Waals surface area contributed by atoms with Gasteiger partial charge in [-0.05, 0) is 48.5 Å². The SMILES string of the molecule is COc1ccc(NC(=O)c2ccc3c(c2)C(=O)N(c2ccc(Cl)cc2)C3=O)cn1. The van der Waals surface area contributed by atoms with Gasteiger partial charge < -0.3 is 10.1 Å². The molecule has 0 saturated carbocycles. The number of hydrogen-bond acceptors (Lipinski definition) is 5. The highest BCUT2D eigenvalue weighted by molar-refractivity contribution is 6.35. The van der Waals surface area contributed by atoms with Crippen molar-refractivity contribution in [2.24, 2.45) is 0 Å². The second-order valence-electron chi connectivity index (χ2n) is 6.23. The molecule has 0 unspecified atom stereocenters. The molecule has 1 aromatic heterocycles. The smallest absolute Gasteiger partial charge is 0.266 e. The fourth-order valence-corrected chi connectivity index (χ4v) is 3.11. The number of fused-ring (bicyclic) bond motifs is 1. The largest absolute Gasteiger partial charge is 0.481 e. The molecule has 144 valence electrons. The summed E-state index contributed by atoms with van der Waals surface area (Å²) in [6.45, 7) is 0. The minimum Gasteiger partial charge on any atom is -0.481 e. The number of aromatic nitrogens is 1. The number of benzene rings is 2. The highest BCUT2D eigenvalue weighted by atomic mass is 35.5. The molecule has 0 radical (unpaired) electrons. The van der Waals surface area contributed by atoms with Crippen molar-refractivity contribution >= 4 is 40.7 Å². The summed E-state index contributed by atoms with van der Waals surface area (Å²) in [5.74, 6) is -0.941. The minimum absolute atomic E-state index is 0.172. The second-order valence-corrected chi connectivity index (χ2v) is 6.66. The molecule has 4 rings (SSSR count). The average Bonchev–Trinajstić information content (AvgIpc) is 2.99. The van der Waals surface area contributed by atoms with Crippen molar-refractivity contribution in [1.82, 2.24) is 4.98 Å². The standard InChI is InChI=1S/C21H14ClN3O4/c1-29-18-9-5-14(11-23-18)24-19(26)12-2-8-16-17(10-12)21(28)25(20(16)27)15-6-3-13(22)4-7-15/h2-11H,1H3,(H,24,26). The number of pyridine rings is 1. The fourth-order valence-electron chi connectivity index (χ4n) is 2.98. The third-order valence-electron chi connectivity index (χ3n) is 4.44. The van der Waals surface area contributed by atoms with Crippen molar-refractivity contribution in [3.8, 4) is 5.88 Å². The van der Waals surface area contributed by atoms with Crippen molar-refractivity contribution in [3.05, 3.63) is 82.5 Å². The lowest BCUT2D eigenvalue weighted by atomic mass is 10.1. The van der Waals surface area contributed by atoms with Gasteiger partial charge in [-0.1, -0.05) is 11.6 Å². The normalized spacial score (nSPS) is 12.7. The molecule has 2 heterocycles. The topological polar surface area (TPSA) is 88.6 Å². The van der Waals surface area contributed by atoms with Gasteiger partial charge in [-0.3, -0.25) is 14.4 Å². The molecule has 0 aliphatic carbocycles. The quantitative estimate of drug-likeness (QED) is 0.664. The molecular formula is C21H14ClN3O4. The molecule has 1 aliphatic rings. The summed E-state index contributed by atoms with van der Waals surface area (Å²) >= 11 is 5.88. The molecule has 8 heteroatoms. The van der Waals surface area contributed by atoms with Gasteiger partial charge in [0.05, 0.1) is 35.8 Å². The van der Waals surface area contributed by atoms with Gasteiger partial charge in [0, 0.05) is 16.7 Å². The van der Waals surface area contributed by atoms with Gasteiger partial charge in [-0.15, -0.1) is 0 Å². The number of nitrogens with one attached hydrogen (secondary N) is 1. The van der Waals surface area contributed by atoms with E-state index in [0.717, 1.165) is 4.90 Å². The van der Waals surface area contributed by atoms with Crippen LogP contribution < -0.4 is 15.0 Å². The van der Waals surface area contributed by atoms with Crippen LogP contribution in [0.2, 0.25) is 5.02 Å². The number of methoxy groups -OCH3 is 1. The van der Waals surface area contributed by atoms with Crippen LogP contribution in [0.3, 0.4) is 0 Å². The maximum atomic E-state index is 12.8. The summed E-state index contributed by atoms with van der Waals surface area (Å²) in [5, 5.41) is 3.19. The van der Waals surface area contributed by atoms with Crippen LogP contribution in [0.25, 0.3) is 0 Å². The molecule has 1 N–H and O–H groups in total. The van der Waals surface area contributed by atoms with Crippen LogP contribution in [-0.2, 0) is 0 Å². The minimum atomic E-state index is -0.493. The molecular weight excluding hydrogens is 394 g/mol. The molecule has 1 aliphatic heterocycles. The number of imide groups is 1. The number of anilines is 2.